The van der Waals surface area contributed by atoms with Crippen LogP contribution in [0.25, 0.3) is 11.1 Å². The third kappa shape index (κ3) is 21.9. The maximum Gasteiger partial charge on any atom is 0.349 e. The lowest BCUT2D eigenvalue weighted by Gasteiger charge is -2.48. The first-order valence-electron chi connectivity index (χ1n) is 39.9. The van der Waals surface area contributed by atoms with Crippen molar-refractivity contribution >= 4 is 111 Å². The van der Waals surface area contributed by atoms with Crippen LogP contribution in [0.5, 0.6) is 46.0 Å². The highest BCUT2D eigenvalue weighted by atomic mass is 35.5. The number of carbonyl (C=O) groups excluding carboxylic acids is 10. The number of nitrogens with zero attached hydrogens (tertiary/aromatic N) is 2. The predicted octanol–water partition coefficient (Wildman–Crippen LogP) is 1.19. The highest BCUT2D eigenvalue weighted by Gasteiger charge is 2.52. The van der Waals surface area contributed by atoms with Crippen LogP contribution < -0.4 is 84.3 Å². The number of aromatic nitrogens is 2. The van der Waals surface area contributed by atoms with Crippen LogP contribution in [-0.4, -0.2) is 227 Å². The van der Waals surface area contributed by atoms with Crippen LogP contribution in [0.3, 0.4) is 0 Å². The van der Waals surface area contributed by atoms with Gasteiger partial charge >= 0.3 is 5.69 Å². The molecule has 2 fully saturated rings. The number of ether oxygens (including phenoxy) is 6. The molecule has 18 atom stereocenters. The van der Waals surface area contributed by atoms with Crippen molar-refractivity contribution in [1.82, 2.24) is 62.9 Å². The van der Waals surface area contributed by atoms with Gasteiger partial charge in [-0.2, -0.15) is 4.98 Å². The minimum Gasteiger partial charge on any atom is -0.508 e. The van der Waals surface area contributed by atoms with Crippen LogP contribution in [0.2, 0.25) is 20.1 Å². The van der Waals surface area contributed by atoms with Gasteiger partial charge in [-0.3, -0.25) is 57.4 Å². The van der Waals surface area contributed by atoms with Crippen molar-refractivity contribution in [2.75, 3.05) is 39.2 Å². The normalized spacial score (nSPS) is 25.6. The summed E-state index contributed by atoms with van der Waals surface area (Å²) in [7, 11) is 2.71. The molecule has 11 bridgehead atoms. The summed E-state index contributed by atoms with van der Waals surface area (Å²) in [6, 6.07) is 4.96. The van der Waals surface area contributed by atoms with E-state index in [-0.39, 0.29) is 65.3 Å². The number of aliphatic hydroxyl groups excluding tert-OH is 6. The van der Waals surface area contributed by atoms with Crippen molar-refractivity contribution in [3.63, 3.8) is 0 Å². The molecule has 22 N–H and O–H groups in total. The van der Waals surface area contributed by atoms with Crippen molar-refractivity contribution in [1.29, 1.82) is 0 Å². The van der Waals surface area contributed by atoms with Gasteiger partial charge < -0.3 is 133 Å². The number of carbonyl (C=O) groups is 10. The zero-order valence-electron chi connectivity index (χ0n) is 68.8. The molecule has 684 valence electrons. The van der Waals surface area contributed by atoms with E-state index in [4.69, 9.17) is 85.4 Å². The van der Waals surface area contributed by atoms with Crippen LogP contribution in [-0.2, 0) is 80.0 Å². The molecule has 10 amide bonds. The van der Waals surface area contributed by atoms with Gasteiger partial charge in [-0.1, -0.05) is 84.5 Å². The average Bonchev–Trinajstić information content (AvgIpc) is 0.776. The number of aromatic hydroxyl groups is 3. The fourth-order valence-electron chi connectivity index (χ4n) is 15.1. The lowest BCUT2D eigenvalue weighted by Crippen LogP contribution is -2.65. The maximum absolute atomic E-state index is 16.4. The molecule has 0 radical (unpaired) electrons. The highest BCUT2D eigenvalue weighted by Crippen LogP contribution is 2.50. The molecule has 0 saturated carbocycles. The summed E-state index contributed by atoms with van der Waals surface area (Å²) in [5, 5.41) is 132. The van der Waals surface area contributed by atoms with Gasteiger partial charge in [0.05, 0.1) is 57.8 Å². The minimum absolute atomic E-state index is 0.0486. The van der Waals surface area contributed by atoms with Gasteiger partial charge in [0.2, 0.25) is 65.2 Å². The van der Waals surface area contributed by atoms with E-state index in [0.29, 0.717) is 5.56 Å². The van der Waals surface area contributed by atoms with Crippen LogP contribution in [0.15, 0.2) is 114 Å². The first kappa shape index (κ1) is 95.5. The predicted molar refractivity (Wildman–Crippen MR) is 451 cm³/mol. The van der Waals surface area contributed by atoms with Crippen molar-refractivity contribution in [2.45, 2.75) is 169 Å². The van der Waals surface area contributed by atoms with Gasteiger partial charge in [0, 0.05) is 55.5 Å². The molecule has 128 heavy (non-hydrogen) atoms. The Labute approximate surface area is 747 Å². The number of hydrogen-bond donors (Lipinski definition) is 21. The smallest absolute Gasteiger partial charge is 0.349 e. The number of aliphatic hydroxyl groups is 6. The molecule has 7 aromatic rings. The quantitative estimate of drug-likeness (QED) is 0.0400. The van der Waals surface area contributed by atoms with Crippen LogP contribution in [0.1, 0.15) is 111 Å². The topological polar surface area (TPSA) is 611 Å². The summed E-state index contributed by atoms with van der Waals surface area (Å²) in [4.78, 5) is 168. The number of amides is 10. The van der Waals surface area contributed by atoms with E-state index in [2.05, 4.69) is 58.2 Å². The zero-order valence-corrected chi connectivity index (χ0v) is 71.8. The number of likely N-dealkylation sites (N-methyl/N-ethyl adjacent to an activating group) is 2. The summed E-state index contributed by atoms with van der Waals surface area (Å²) in [6.07, 6.45) is -18.5. The summed E-state index contributed by atoms with van der Waals surface area (Å²) in [5.41, 5.74) is 3.15. The molecule has 14 rings (SSSR count). The Kier molecular flexibility index (Phi) is 30.4. The Hall–Kier alpha value is -11.6. The number of phenolic OH excluding ortho intramolecular Hbond substituents is 3. The third-order valence-electron chi connectivity index (χ3n) is 21.8. The first-order valence-corrected chi connectivity index (χ1v) is 41.4. The molecule has 1 aromatic heterocycles. The number of hydrogen-bond acceptors (Lipinski definition) is 30. The standard InChI is InChI=1S/C83H92Cl4N14O27/c1-33(2)19-47(89-5)74(114)98-65-67(109)37-9-13-51(45(86)23-37)124-53-25-39-26-54(71(53)128-81-72(70(112)69(111)55(31-102)126-81)127-60-30-83(4,73(113)34(3)123-60)91-16-18-101-17-15-57(94-82(101)121)93-58(107)21-35-7-11-43(84)44(85)20-35)125-52-14-10-38(24-46(52)87)68(110)66-79(119)97-64(80(120)100-122-32-59(108)90-6)42-27-40(103)28-50(105)61(42)41-22-36(8-12-49(41)104)62(76(116)99-66)96-77(117)63(39)95-75(115)48(29-56(88)106)92-78(65)118/h7-15,17,20,22-28,33-34,47-48,55,60,62-70,72-73,81,89,91,102-105,109-113H,16,18-19,21,29-32H2,1-6H3,(H2,88,106)(H,90,108)(H,92,118)(H,95,115)(H,96,117)(H,97,119)(H,98,114)(H,99,116)(H,100,120)(H,93,94,107,121)/t34-,47+,48-,55+,60-,62+,63+,64+,65+,66-,67+,68+,69+,70-,72+,73+,81?,83+/m0/s1. The summed E-state index contributed by atoms with van der Waals surface area (Å²) in [5.74, 6) is -17.4. The van der Waals surface area contributed by atoms with Gasteiger partial charge in [-0.25, -0.2) is 10.3 Å². The van der Waals surface area contributed by atoms with E-state index < -0.39 is 277 Å². The van der Waals surface area contributed by atoms with Crippen molar-refractivity contribution < 1.29 is 127 Å². The van der Waals surface area contributed by atoms with Crippen LogP contribution >= 0.6 is 46.4 Å². The van der Waals surface area contributed by atoms with E-state index in [0.717, 1.165) is 66.7 Å². The van der Waals surface area contributed by atoms with Crippen LogP contribution in [0, 0.1) is 5.92 Å². The Morgan fingerprint density at radius 1 is 0.688 bits per heavy atom. The van der Waals surface area contributed by atoms with Gasteiger partial charge in [0.15, 0.2) is 30.5 Å². The lowest BCUT2D eigenvalue weighted by atomic mass is 9.85. The fraction of sp³-hybridized carbons (Fsp3) is 0.398. The van der Waals surface area contributed by atoms with Crippen LogP contribution in [0.4, 0.5) is 5.82 Å². The summed E-state index contributed by atoms with van der Waals surface area (Å²) >= 11 is 26.5. The number of halogens is 4. The second-order valence-electron chi connectivity index (χ2n) is 31.4. The van der Waals surface area contributed by atoms with Gasteiger partial charge in [-0.05, 0) is 139 Å². The molecule has 45 heteroatoms. The molecule has 2 saturated heterocycles. The number of fused-ring (bicyclic) bond motifs is 15. The van der Waals surface area contributed by atoms with Gasteiger partial charge in [0.1, 0.15) is 101 Å². The van der Waals surface area contributed by atoms with Crippen molar-refractivity contribution in [2.24, 2.45) is 11.7 Å². The molecule has 41 nitrogen and oxygen atoms in total. The molecular formula is C83H92Cl4N14O27. The molecule has 8 heterocycles. The van der Waals surface area contributed by atoms with E-state index in [1.54, 1.807) is 26.8 Å². The monoisotopic (exact) mass is 1860 g/mol. The van der Waals surface area contributed by atoms with Crippen molar-refractivity contribution in [3.8, 4) is 57.1 Å². The number of anilines is 1. The number of hydroxylamine groups is 1. The van der Waals surface area contributed by atoms with Crippen molar-refractivity contribution in [3.05, 3.63) is 173 Å². The number of nitrogens with two attached hydrogens (primary N) is 1. The van der Waals surface area contributed by atoms with E-state index in [9.17, 15) is 74.7 Å². The zero-order chi connectivity index (χ0) is 92.8. The summed E-state index contributed by atoms with van der Waals surface area (Å²) in [6.45, 7) is 4.71. The second-order valence-corrected chi connectivity index (χ2v) is 33.0. The van der Waals surface area contributed by atoms with E-state index >= 15 is 24.0 Å². The third-order valence-corrected chi connectivity index (χ3v) is 23.1. The highest BCUT2D eigenvalue weighted by molar-refractivity contribution is 6.42. The Bertz CT molecular complexity index is 5510. The van der Waals surface area contributed by atoms with E-state index in [1.165, 1.54) is 62.1 Å². The molecule has 6 aromatic carbocycles. The fourth-order valence-corrected chi connectivity index (χ4v) is 15.9. The molecule has 0 spiro atoms. The lowest BCUT2D eigenvalue weighted by molar-refractivity contribution is -0.334. The Balaban J connectivity index is 0.998. The van der Waals surface area contributed by atoms with Gasteiger partial charge in [-0.15, -0.1) is 0 Å². The summed E-state index contributed by atoms with van der Waals surface area (Å²) < 4.78 is 40.6. The molecular weight excluding hydrogens is 1770 g/mol. The Morgan fingerprint density at radius 2 is 1.34 bits per heavy atom. The maximum atomic E-state index is 16.4. The number of nitrogens with one attached hydrogen (secondary N) is 11. The second kappa shape index (κ2) is 40.8. The Morgan fingerprint density at radius 3 is 1.98 bits per heavy atom. The van der Waals surface area contributed by atoms with E-state index in [1.807, 2.05) is 5.48 Å². The molecule has 1 unspecified atom stereocenters. The first-order chi connectivity index (χ1) is 60.7. The number of rotatable bonds is 23. The molecule has 7 aliphatic heterocycles. The number of phenols is 3. The number of primary amides is 1. The minimum atomic E-state index is -2.42. The van der Waals surface area contributed by atoms with Gasteiger partial charge in [0.25, 0.3) is 5.91 Å². The molecule has 0 aliphatic carbocycles. The number of benzene rings is 6. The SMILES string of the molecule is CNC(=O)CONC(=O)[C@@H]1NC(=O)[C@H]2NC(=O)[C@H](NC(=O)[C@@H]3NC(=O)[C@H](CC(N)=O)NC(=O)[C@H](NC(=O)[C@@H](CC(C)C)NC)[C@H](O)c4ccc(c(Cl)c4)Oc4cc3cc(c4OC3O[C@H](CO)[C@@H](O)[C@H](O)[C@H]3O[C@H]3C[C@@](C)(NCCn4ccc(NC(=O)Cc5ccc(Cl)c(Cl)c5)nc4=O)[C@H](O)[C@H](C)O3)Oc3ccc(cc3Cl)[C@H]2O)c2ccc(O)c(c2)-c2c(O)cc(O)cc21. The average molecular weight is 1860 g/mol. The largest absolute Gasteiger partial charge is 0.508 e. The molecule has 7 aliphatic rings.